The number of hydrogen-bond acceptors (Lipinski definition) is 4. The minimum atomic E-state index is -1.03. The van der Waals surface area contributed by atoms with Crippen molar-refractivity contribution in [1.82, 2.24) is 4.90 Å². The molecule has 1 N–H and O–H groups in total. The number of carbonyl (C=O) groups is 2. The van der Waals surface area contributed by atoms with Crippen LogP contribution in [0.1, 0.15) is 64.6 Å². The van der Waals surface area contributed by atoms with Crippen LogP contribution in [0.5, 0.6) is 5.75 Å². The predicted molar refractivity (Wildman–Crippen MR) is 119 cm³/mol. The van der Waals surface area contributed by atoms with E-state index >= 15 is 0 Å². The third-order valence-corrected chi connectivity index (χ3v) is 7.29. The van der Waals surface area contributed by atoms with E-state index in [1.54, 1.807) is 12.1 Å². The van der Waals surface area contributed by atoms with E-state index in [4.69, 9.17) is 9.47 Å². The first-order valence-electron chi connectivity index (χ1n) is 11.3. The molecular formula is C26H29NO5. The molecule has 3 aliphatic heterocycles. The summed E-state index contributed by atoms with van der Waals surface area (Å²) < 4.78 is 13.1. The summed E-state index contributed by atoms with van der Waals surface area (Å²) in [7, 11) is 0. The molecule has 0 unspecified atom stereocenters. The fourth-order valence-electron chi connectivity index (χ4n) is 5.56. The monoisotopic (exact) mass is 435 g/mol. The smallest absolute Gasteiger partial charge is 0.335 e. The van der Waals surface area contributed by atoms with Crippen LogP contribution in [-0.2, 0) is 4.74 Å². The molecule has 32 heavy (non-hydrogen) atoms. The topological polar surface area (TPSA) is 76.1 Å². The standard InChI is InChI=1S/C26H29NO5/c1-15-7-8-19-22(11-15)32-26(2,3)20-13-18-14-27(10-9-21(18)31-23(19)20)24(28)16-5-4-6-17(12-16)25(29)30/h4-8,11-12,18,20-21,23H,9-10,13-14H2,1-3H3,(H,29,30)/t18-,20+,21+,23-/m1/s1. The molecule has 1 amide bonds. The zero-order valence-electron chi connectivity index (χ0n) is 18.7. The van der Waals surface area contributed by atoms with Crippen molar-refractivity contribution in [1.29, 1.82) is 0 Å². The molecule has 0 aromatic heterocycles. The lowest BCUT2D eigenvalue weighted by Crippen LogP contribution is -2.56. The van der Waals surface area contributed by atoms with Crippen LogP contribution in [0.25, 0.3) is 0 Å². The van der Waals surface area contributed by atoms with Gasteiger partial charge in [0, 0.05) is 36.1 Å². The molecular weight excluding hydrogens is 406 g/mol. The summed E-state index contributed by atoms with van der Waals surface area (Å²) in [5.74, 6) is 0.199. The zero-order valence-corrected chi connectivity index (χ0v) is 18.7. The fraction of sp³-hybridized carbons (Fsp3) is 0.462. The van der Waals surface area contributed by atoms with Crippen LogP contribution < -0.4 is 4.74 Å². The van der Waals surface area contributed by atoms with Crippen molar-refractivity contribution in [2.24, 2.45) is 11.8 Å². The molecule has 0 saturated carbocycles. The summed E-state index contributed by atoms with van der Waals surface area (Å²) >= 11 is 0. The molecule has 0 radical (unpaired) electrons. The quantitative estimate of drug-likeness (QED) is 0.753. The molecule has 6 heteroatoms. The summed E-state index contributed by atoms with van der Waals surface area (Å²) in [4.78, 5) is 26.3. The molecule has 2 aromatic rings. The highest BCUT2D eigenvalue weighted by Gasteiger charge is 2.51. The summed E-state index contributed by atoms with van der Waals surface area (Å²) in [6, 6.07) is 12.6. The first-order chi connectivity index (χ1) is 15.2. The Morgan fingerprint density at radius 1 is 1.12 bits per heavy atom. The van der Waals surface area contributed by atoms with Crippen molar-refractivity contribution < 1.29 is 24.2 Å². The van der Waals surface area contributed by atoms with Crippen LogP contribution in [0.15, 0.2) is 42.5 Å². The number of ether oxygens (including phenoxy) is 2. The summed E-state index contributed by atoms with van der Waals surface area (Å²) in [6.07, 6.45) is 1.81. The van der Waals surface area contributed by atoms with Gasteiger partial charge in [-0.3, -0.25) is 4.79 Å². The van der Waals surface area contributed by atoms with Crippen LogP contribution in [0.3, 0.4) is 0 Å². The lowest BCUT2D eigenvalue weighted by Gasteiger charge is -2.53. The van der Waals surface area contributed by atoms with Crippen LogP contribution in [-0.4, -0.2) is 46.7 Å². The molecule has 3 heterocycles. The van der Waals surface area contributed by atoms with Crippen LogP contribution in [0.2, 0.25) is 0 Å². The van der Waals surface area contributed by atoms with Crippen LogP contribution in [0.4, 0.5) is 0 Å². The molecule has 2 saturated heterocycles. The molecule has 6 nitrogen and oxygen atoms in total. The van der Waals surface area contributed by atoms with Gasteiger partial charge in [0.1, 0.15) is 11.4 Å². The number of fused-ring (bicyclic) bond motifs is 4. The number of hydrogen-bond donors (Lipinski definition) is 1. The van der Waals surface area contributed by atoms with E-state index in [0.29, 0.717) is 18.7 Å². The number of piperidine rings is 1. The Morgan fingerprint density at radius 3 is 2.69 bits per heavy atom. The Kier molecular flexibility index (Phi) is 5.01. The number of amides is 1. The van der Waals surface area contributed by atoms with Gasteiger partial charge in [-0.15, -0.1) is 0 Å². The van der Waals surface area contributed by atoms with Gasteiger partial charge in [0.25, 0.3) is 5.91 Å². The van der Waals surface area contributed by atoms with E-state index in [1.807, 2.05) is 4.90 Å². The summed E-state index contributed by atoms with van der Waals surface area (Å²) in [6.45, 7) is 7.54. The highest BCUT2D eigenvalue weighted by Crippen LogP contribution is 2.53. The number of rotatable bonds is 2. The third-order valence-electron chi connectivity index (χ3n) is 7.29. The van der Waals surface area contributed by atoms with Crippen LogP contribution >= 0.6 is 0 Å². The normalized spacial score (nSPS) is 28.0. The summed E-state index contributed by atoms with van der Waals surface area (Å²) in [5.41, 5.74) is 2.49. The predicted octanol–water partition coefficient (Wildman–Crippen LogP) is 4.47. The third kappa shape index (κ3) is 3.56. The number of nitrogens with zero attached hydrogens (tertiary/aromatic N) is 1. The number of carboxylic acids is 1. The van der Waals surface area contributed by atoms with E-state index in [0.717, 1.165) is 24.2 Å². The number of benzene rings is 2. The van der Waals surface area contributed by atoms with Crippen molar-refractivity contribution in [3.63, 3.8) is 0 Å². The minimum Gasteiger partial charge on any atom is -0.487 e. The molecule has 168 valence electrons. The molecule has 4 atom stereocenters. The highest BCUT2D eigenvalue weighted by molar-refractivity contribution is 5.97. The second kappa shape index (κ2) is 7.62. The molecule has 2 aromatic carbocycles. The average molecular weight is 436 g/mol. The number of carbonyl (C=O) groups excluding carboxylic acids is 1. The van der Waals surface area contributed by atoms with E-state index < -0.39 is 5.97 Å². The van der Waals surface area contributed by atoms with E-state index in [9.17, 15) is 14.7 Å². The highest BCUT2D eigenvalue weighted by atomic mass is 16.5. The lowest BCUT2D eigenvalue weighted by molar-refractivity contribution is -0.184. The second-order valence-corrected chi connectivity index (χ2v) is 9.87. The Balaban J connectivity index is 1.36. The maximum absolute atomic E-state index is 13.1. The zero-order chi connectivity index (χ0) is 22.6. The van der Waals surface area contributed by atoms with E-state index in [-0.39, 0.29) is 41.1 Å². The van der Waals surface area contributed by atoms with Gasteiger partial charge in [0.2, 0.25) is 0 Å². The van der Waals surface area contributed by atoms with Gasteiger partial charge in [-0.1, -0.05) is 18.2 Å². The average Bonchev–Trinajstić information content (AvgIpc) is 2.77. The lowest BCUT2D eigenvalue weighted by atomic mass is 9.70. The Labute approximate surface area is 188 Å². The van der Waals surface area contributed by atoms with Crippen molar-refractivity contribution in [2.75, 3.05) is 13.1 Å². The first-order valence-corrected chi connectivity index (χ1v) is 11.3. The maximum atomic E-state index is 13.1. The van der Waals surface area contributed by atoms with Crippen molar-refractivity contribution in [2.45, 2.75) is 51.4 Å². The fourth-order valence-corrected chi connectivity index (χ4v) is 5.56. The van der Waals surface area contributed by atoms with Crippen LogP contribution in [0, 0.1) is 18.8 Å². The van der Waals surface area contributed by atoms with E-state index in [1.165, 1.54) is 17.7 Å². The number of carboxylic acid groups (broad SMARTS) is 1. The van der Waals surface area contributed by atoms with Gasteiger partial charge in [0.15, 0.2) is 0 Å². The van der Waals surface area contributed by atoms with Gasteiger partial charge in [-0.2, -0.15) is 0 Å². The van der Waals surface area contributed by atoms with Crippen molar-refractivity contribution >= 4 is 11.9 Å². The molecule has 2 fully saturated rings. The largest absolute Gasteiger partial charge is 0.487 e. The molecule has 5 rings (SSSR count). The molecule has 0 aliphatic carbocycles. The van der Waals surface area contributed by atoms with Gasteiger partial charge in [-0.25, -0.2) is 4.79 Å². The van der Waals surface area contributed by atoms with Gasteiger partial charge in [0.05, 0.1) is 17.8 Å². The number of likely N-dealkylation sites (tertiary alicyclic amines) is 1. The van der Waals surface area contributed by atoms with Gasteiger partial charge in [-0.05, 0) is 63.4 Å². The first kappa shape index (κ1) is 21.0. The SMILES string of the molecule is Cc1ccc2c(c1)OC(C)(C)[C@H]1C[C@@H]3CN(C(=O)c4cccc(C(=O)O)c4)CC[C@@H]3O[C@H]21. The second-order valence-electron chi connectivity index (χ2n) is 9.87. The maximum Gasteiger partial charge on any atom is 0.335 e. The number of aromatic carboxylic acids is 1. The Bertz CT molecular complexity index is 1080. The Morgan fingerprint density at radius 2 is 1.91 bits per heavy atom. The minimum absolute atomic E-state index is 0.00472. The van der Waals surface area contributed by atoms with Crippen molar-refractivity contribution in [3.8, 4) is 5.75 Å². The molecule has 3 aliphatic rings. The van der Waals surface area contributed by atoms with Gasteiger partial charge >= 0.3 is 5.97 Å². The number of aryl methyl sites for hydroxylation is 1. The molecule has 0 bridgehead atoms. The molecule has 0 spiro atoms. The van der Waals surface area contributed by atoms with Crippen molar-refractivity contribution in [3.05, 3.63) is 64.7 Å². The van der Waals surface area contributed by atoms with Gasteiger partial charge < -0.3 is 19.5 Å². The van der Waals surface area contributed by atoms with E-state index in [2.05, 4.69) is 39.0 Å². The summed E-state index contributed by atoms with van der Waals surface area (Å²) in [5, 5.41) is 9.25. The Hall–Kier alpha value is -2.86.